The molecule has 1 saturated carbocycles. The lowest BCUT2D eigenvalue weighted by molar-refractivity contribution is 0.0696. The van der Waals surface area contributed by atoms with Crippen LogP contribution in [0, 0.1) is 10.8 Å². The number of hydrogen-bond donors (Lipinski definition) is 3. The van der Waals surface area contributed by atoms with Crippen LogP contribution in [0.25, 0.3) is 0 Å². The van der Waals surface area contributed by atoms with Crippen molar-refractivity contribution in [2.45, 2.75) is 53.0 Å². The molecule has 0 unspecified atom stereocenters. The molecule has 0 saturated heterocycles. The smallest absolute Gasteiger partial charge is 0.335 e. The Labute approximate surface area is 126 Å². The Morgan fingerprint density at radius 1 is 1.24 bits per heavy atom. The number of nitrogens with two attached hydrogens (primary N) is 1. The van der Waals surface area contributed by atoms with Crippen LogP contribution in [0.1, 0.15) is 57.3 Å². The first kappa shape index (κ1) is 15.7. The molecular formula is C17H26N2O2. The van der Waals surface area contributed by atoms with E-state index < -0.39 is 5.97 Å². The molecule has 2 rings (SSSR count). The van der Waals surface area contributed by atoms with Gasteiger partial charge in [-0.2, -0.15) is 0 Å². The Bertz CT molecular complexity index is 534. The summed E-state index contributed by atoms with van der Waals surface area (Å²) in [6, 6.07) is 5.14. The third-order valence-corrected chi connectivity index (χ3v) is 4.21. The number of hydrogen-bond acceptors (Lipinski definition) is 3. The van der Waals surface area contributed by atoms with Crippen LogP contribution < -0.4 is 11.1 Å². The second-order valence-electron chi connectivity index (χ2n) is 7.86. The van der Waals surface area contributed by atoms with Crippen LogP contribution in [0.3, 0.4) is 0 Å². The normalized spacial score (nSPS) is 21.0. The molecule has 1 fully saturated rings. The van der Waals surface area contributed by atoms with Gasteiger partial charge in [0.15, 0.2) is 0 Å². The highest BCUT2D eigenvalue weighted by Crippen LogP contribution is 2.46. The molecule has 4 N–H and O–H groups in total. The molecule has 21 heavy (non-hydrogen) atoms. The standard InChI is InChI=1S/C17H26N2O2/c1-16(2)8-12(9-17(3,4)10-16)19-14-7-11(15(20)21)5-6-13(14)18/h5-7,12,19H,8-10,18H2,1-4H3,(H,20,21). The van der Waals surface area contributed by atoms with E-state index in [4.69, 9.17) is 10.8 Å². The molecule has 0 aromatic heterocycles. The lowest BCUT2D eigenvalue weighted by atomic mass is 9.63. The molecule has 0 atom stereocenters. The summed E-state index contributed by atoms with van der Waals surface area (Å²) >= 11 is 0. The van der Waals surface area contributed by atoms with E-state index in [-0.39, 0.29) is 16.4 Å². The van der Waals surface area contributed by atoms with E-state index >= 15 is 0 Å². The molecule has 1 aliphatic rings. The fourth-order valence-electron chi connectivity index (χ4n) is 3.98. The van der Waals surface area contributed by atoms with E-state index in [0.717, 1.165) is 18.5 Å². The van der Waals surface area contributed by atoms with Crippen molar-refractivity contribution in [2.75, 3.05) is 11.1 Å². The van der Waals surface area contributed by atoms with Crippen molar-refractivity contribution in [3.8, 4) is 0 Å². The summed E-state index contributed by atoms with van der Waals surface area (Å²) in [5, 5.41) is 12.6. The molecule has 4 heteroatoms. The van der Waals surface area contributed by atoms with E-state index in [9.17, 15) is 4.79 Å². The van der Waals surface area contributed by atoms with Crippen molar-refractivity contribution in [1.29, 1.82) is 0 Å². The fraction of sp³-hybridized carbons (Fsp3) is 0.588. The van der Waals surface area contributed by atoms with Gasteiger partial charge < -0.3 is 16.2 Å². The summed E-state index contributed by atoms with van der Waals surface area (Å²) in [5.74, 6) is -0.928. The summed E-state index contributed by atoms with van der Waals surface area (Å²) in [6.45, 7) is 9.17. The number of carbonyl (C=O) groups is 1. The first-order valence-electron chi connectivity index (χ1n) is 7.47. The van der Waals surface area contributed by atoms with Gasteiger partial charge in [0.05, 0.1) is 16.9 Å². The van der Waals surface area contributed by atoms with Gasteiger partial charge >= 0.3 is 5.97 Å². The predicted octanol–water partition coefficient (Wildman–Crippen LogP) is 3.98. The van der Waals surface area contributed by atoms with Gasteiger partial charge in [0.25, 0.3) is 0 Å². The summed E-state index contributed by atoms with van der Waals surface area (Å²) in [7, 11) is 0. The maximum Gasteiger partial charge on any atom is 0.335 e. The SMILES string of the molecule is CC1(C)CC(Nc2cc(C(=O)O)ccc2N)CC(C)(C)C1. The maximum absolute atomic E-state index is 11.1. The lowest BCUT2D eigenvalue weighted by Gasteiger charge is -2.45. The molecule has 0 amide bonds. The van der Waals surface area contributed by atoms with E-state index in [0.29, 0.717) is 11.7 Å². The highest BCUT2D eigenvalue weighted by Gasteiger charge is 2.38. The zero-order valence-corrected chi connectivity index (χ0v) is 13.4. The van der Waals surface area contributed by atoms with Crippen LogP contribution in [-0.2, 0) is 0 Å². The van der Waals surface area contributed by atoms with Crippen molar-refractivity contribution in [2.24, 2.45) is 10.8 Å². The summed E-state index contributed by atoms with van der Waals surface area (Å²) < 4.78 is 0. The Morgan fingerprint density at radius 2 is 1.81 bits per heavy atom. The molecule has 0 heterocycles. The fourth-order valence-corrected chi connectivity index (χ4v) is 3.98. The minimum absolute atomic E-state index is 0.265. The van der Waals surface area contributed by atoms with E-state index in [1.807, 2.05) is 0 Å². The maximum atomic E-state index is 11.1. The van der Waals surface area contributed by atoms with Gasteiger partial charge in [-0.05, 0) is 48.3 Å². The third-order valence-electron chi connectivity index (χ3n) is 4.21. The van der Waals surface area contributed by atoms with Crippen molar-refractivity contribution in [3.63, 3.8) is 0 Å². The molecule has 0 bridgehead atoms. The molecular weight excluding hydrogens is 264 g/mol. The van der Waals surface area contributed by atoms with Gasteiger partial charge in [0.1, 0.15) is 0 Å². The van der Waals surface area contributed by atoms with Gasteiger partial charge in [-0.3, -0.25) is 0 Å². The Balaban J connectivity index is 2.21. The second kappa shape index (κ2) is 5.24. The topological polar surface area (TPSA) is 75.3 Å². The van der Waals surface area contributed by atoms with Crippen LogP contribution >= 0.6 is 0 Å². The summed E-state index contributed by atoms with van der Waals surface area (Å²) in [6.07, 6.45) is 3.32. The minimum Gasteiger partial charge on any atom is -0.478 e. The minimum atomic E-state index is -0.928. The van der Waals surface area contributed by atoms with Crippen LogP contribution in [0.4, 0.5) is 11.4 Å². The summed E-state index contributed by atoms with van der Waals surface area (Å²) in [4.78, 5) is 11.1. The first-order chi connectivity index (χ1) is 9.58. The monoisotopic (exact) mass is 290 g/mol. The molecule has 1 aromatic rings. The Hall–Kier alpha value is -1.71. The highest BCUT2D eigenvalue weighted by molar-refractivity contribution is 5.90. The van der Waals surface area contributed by atoms with Crippen LogP contribution in [0.15, 0.2) is 18.2 Å². The molecule has 0 radical (unpaired) electrons. The van der Waals surface area contributed by atoms with E-state index in [1.165, 1.54) is 12.5 Å². The molecule has 0 spiro atoms. The number of rotatable bonds is 3. The van der Waals surface area contributed by atoms with Crippen LogP contribution in [-0.4, -0.2) is 17.1 Å². The molecule has 0 aliphatic heterocycles. The zero-order chi connectivity index (χ0) is 15.8. The van der Waals surface area contributed by atoms with Gasteiger partial charge in [0.2, 0.25) is 0 Å². The predicted molar refractivity (Wildman–Crippen MR) is 86.6 cm³/mol. The van der Waals surface area contributed by atoms with Crippen LogP contribution in [0.5, 0.6) is 0 Å². The highest BCUT2D eigenvalue weighted by atomic mass is 16.4. The average Bonchev–Trinajstić information content (AvgIpc) is 2.27. The Kier molecular flexibility index (Phi) is 3.91. The van der Waals surface area contributed by atoms with Gasteiger partial charge in [0, 0.05) is 6.04 Å². The Morgan fingerprint density at radius 3 is 2.33 bits per heavy atom. The van der Waals surface area contributed by atoms with Gasteiger partial charge in [-0.1, -0.05) is 27.7 Å². The number of carboxylic acids is 1. The number of benzene rings is 1. The molecule has 4 nitrogen and oxygen atoms in total. The van der Waals surface area contributed by atoms with E-state index in [2.05, 4.69) is 33.0 Å². The number of carboxylic acid groups (broad SMARTS) is 1. The summed E-state index contributed by atoms with van der Waals surface area (Å²) in [5.41, 5.74) is 8.13. The molecule has 1 aliphatic carbocycles. The zero-order valence-electron chi connectivity index (χ0n) is 13.4. The van der Waals surface area contributed by atoms with Crippen molar-refractivity contribution in [1.82, 2.24) is 0 Å². The average molecular weight is 290 g/mol. The van der Waals surface area contributed by atoms with Crippen LogP contribution in [0.2, 0.25) is 0 Å². The number of nitrogens with one attached hydrogen (secondary N) is 1. The van der Waals surface area contributed by atoms with Gasteiger partial charge in [-0.15, -0.1) is 0 Å². The van der Waals surface area contributed by atoms with Crippen molar-refractivity contribution >= 4 is 17.3 Å². The quantitative estimate of drug-likeness (QED) is 0.736. The number of aromatic carboxylic acids is 1. The molecule has 116 valence electrons. The number of nitrogen functional groups attached to an aromatic ring is 1. The largest absolute Gasteiger partial charge is 0.478 e. The lowest BCUT2D eigenvalue weighted by Crippen LogP contribution is -2.40. The number of anilines is 2. The van der Waals surface area contributed by atoms with Gasteiger partial charge in [-0.25, -0.2) is 4.79 Å². The first-order valence-corrected chi connectivity index (χ1v) is 7.47. The molecule has 1 aromatic carbocycles. The van der Waals surface area contributed by atoms with Crippen molar-refractivity contribution < 1.29 is 9.90 Å². The van der Waals surface area contributed by atoms with E-state index in [1.54, 1.807) is 12.1 Å². The third kappa shape index (κ3) is 3.90. The van der Waals surface area contributed by atoms with Crippen molar-refractivity contribution in [3.05, 3.63) is 23.8 Å². The second-order valence-corrected chi connectivity index (χ2v) is 7.86.